The number of rotatable bonds is 11. The summed E-state index contributed by atoms with van der Waals surface area (Å²) < 4.78 is 49.3. The van der Waals surface area contributed by atoms with Crippen molar-refractivity contribution in [2.75, 3.05) is 34.0 Å². The van der Waals surface area contributed by atoms with E-state index >= 15 is 0 Å². The van der Waals surface area contributed by atoms with Crippen molar-refractivity contribution in [3.8, 4) is 23.0 Å². The monoisotopic (exact) mass is 409 g/mol. The van der Waals surface area contributed by atoms with Crippen molar-refractivity contribution in [1.29, 1.82) is 0 Å². The zero-order valence-corrected chi connectivity index (χ0v) is 17.5. The molecule has 0 unspecified atom stereocenters. The maximum Gasteiger partial charge on any atom is 0.240 e. The van der Waals surface area contributed by atoms with E-state index in [0.717, 1.165) is 5.56 Å². The Bertz CT molecular complexity index is 882. The van der Waals surface area contributed by atoms with Crippen LogP contribution in [0.2, 0.25) is 0 Å². The molecule has 0 radical (unpaired) electrons. The molecule has 0 saturated heterocycles. The van der Waals surface area contributed by atoms with Crippen LogP contribution in [-0.4, -0.2) is 42.4 Å². The average molecular weight is 410 g/mol. The van der Waals surface area contributed by atoms with Gasteiger partial charge in [0.15, 0.2) is 23.0 Å². The summed E-state index contributed by atoms with van der Waals surface area (Å²) in [5.74, 6) is 2.17. The highest BCUT2D eigenvalue weighted by Crippen LogP contribution is 2.30. The smallest absolute Gasteiger partial charge is 0.240 e. The lowest BCUT2D eigenvalue weighted by atomic mass is 10.1. The molecule has 2 aromatic carbocycles. The summed E-state index contributed by atoms with van der Waals surface area (Å²) in [6.45, 7) is 4.81. The first-order valence-electron chi connectivity index (χ1n) is 9.05. The number of sulfonamides is 1. The van der Waals surface area contributed by atoms with Crippen LogP contribution in [0, 0.1) is 0 Å². The molecule has 7 nitrogen and oxygen atoms in total. The topological polar surface area (TPSA) is 83.1 Å². The number of ether oxygens (including phenoxy) is 4. The van der Waals surface area contributed by atoms with E-state index in [0.29, 0.717) is 42.6 Å². The number of hydrogen-bond donors (Lipinski definition) is 1. The summed E-state index contributed by atoms with van der Waals surface area (Å²) in [5.41, 5.74) is 0.932. The third-order valence-electron chi connectivity index (χ3n) is 3.98. The normalized spacial score (nSPS) is 11.1. The summed E-state index contributed by atoms with van der Waals surface area (Å²) >= 11 is 0. The Morgan fingerprint density at radius 3 is 2.11 bits per heavy atom. The highest BCUT2D eigenvalue weighted by atomic mass is 32.2. The largest absolute Gasteiger partial charge is 0.493 e. The molecular formula is C20H27NO6S. The van der Waals surface area contributed by atoms with Gasteiger partial charge in [0.1, 0.15) is 0 Å². The molecule has 0 fully saturated rings. The molecule has 0 heterocycles. The maximum atomic E-state index is 12.6. The maximum absolute atomic E-state index is 12.6. The fourth-order valence-corrected chi connectivity index (χ4v) is 3.69. The molecular weight excluding hydrogens is 382 g/mol. The Hall–Kier alpha value is -2.45. The number of benzene rings is 2. The molecule has 28 heavy (non-hydrogen) atoms. The van der Waals surface area contributed by atoms with Crippen molar-refractivity contribution in [1.82, 2.24) is 4.72 Å². The van der Waals surface area contributed by atoms with Crippen molar-refractivity contribution in [3.63, 3.8) is 0 Å². The zero-order chi connectivity index (χ0) is 20.6. The van der Waals surface area contributed by atoms with Gasteiger partial charge >= 0.3 is 0 Å². The molecule has 2 rings (SSSR count). The first kappa shape index (κ1) is 21.8. The predicted octanol–water partition coefficient (Wildman–Crippen LogP) is 3.02. The Morgan fingerprint density at radius 2 is 1.46 bits per heavy atom. The summed E-state index contributed by atoms with van der Waals surface area (Å²) in [5, 5.41) is 0. The summed E-state index contributed by atoms with van der Waals surface area (Å²) in [6.07, 6.45) is 0.509. The minimum Gasteiger partial charge on any atom is -0.493 e. The molecule has 8 heteroatoms. The van der Waals surface area contributed by atoms with Crippen molar-refractivity contribution < 1.29 is 27.4 Å². The van der Waals surface area contributed by atoms with Crippen LogP contribution >= 0.6 is 0 Å². The van der Waals surface area contributed by atoms with Gasteiger partial charge in [-0.2, -0.15) is 0 Å². The Kier molecular flexibility index (Phi) is 7.95. The van der Waals surface area contributed by atoms with E-state index in [1.54, 1.807) is 26.4 Å². The lowest BCUT2D eigenvalue weighted by Crippen LogP contribution is -2.26. The second-order valence-electron chi connectivity index (χ2n) is 5.81. The molecule has 0 spiro atoms. The highest BCUT2D eigenvalue weighted by molar-refractivity contribution is 7.89. The van der Waals surface area contributed by atoms with E-state index in [9.17, 15) is 8.42 Å². The molecule has 0 amide bonds. The molecule has 0 saturated carbocycles. The average Bonchev–Trinajstić information content (AvgIpc) is 2.69. The number of nitrogens with one attached hydrogen (secondary N) is 1. The number of hydrogen-bond acceptors (Lipinski definition) is 6. The molecule has 0 atom stereocenters. The lowest BCUT2D eigenvalue weighted by molar-refractivity contribution is 0.287. The minimum atomic E-state index is -3.67. The van der Waals surface area contributed by atoms with Gasteiger partial charge in [-0.1, -0.05) is 6.07 Å². The molecule has 0 aliphatic heterocycles. The summed E-state index contributed by atoms with van der Waals surface area (Å²) in [7, 11) is -0.543. The Balaban J connectivity index is 2.08. The Labute approximate surface area is 166 Å². The van der Waals surface area contributed by atoms with Gasteiger partial charge in [0, 0.05) is 12.6 Å². The van der Waals surface area contributed by atoms with Crippen LogP contribution in [0.1, 0.15) is 19.4 Å². The van der Waals surface area contributed by atoms with Gasteiger partial charge in [-0.25, -0.2) is 13.1 Å². The van der Waals surface area contributed by atoms with Gasteiger partial charge < -0.3 is 18.9 Å². The molecule has 0 aliphatic carbocycles. The Morgan fingerprint density at radius 1 is 0.821 bits per heavy atom. The summed E-state index contributed by atoms with van der Waals surface area (Å²) in [6, 6.07) is 10.1. The SMILES string of the molecule is CCOc1ccc(S(=O)(=O)NCCc2ccc(OC)c(OC)c2)cc1OCC. The fraction of sp³-hybridized carbons (Fsp3) is 0.400. The molecule has 2 aromatic rings. The second kappa shape index (κ2) is 10.2. The first-order chi connectivity index (χ1) is 13.4. The minimum absolute atomic E-state index is 0.131. The van der Waals surface area contributed by atoms with Crippen molar-refractivity contribution in [3.05, 3.63) is 42.0 Å². The van der Waals surface area contributed by atoms with Crippen molar-refractivity contribution >= 4 is 10.0 Å². The standard InChI is InChI=1S/C20H27NO6S/c1-5-26-18-10-8-16(14-20(18)27-6-2)28(22,23)21-12-11-15-7-9-17(24-3)19(13-15)25-4/h7-10,13-14,21H,5-6,11-12H2,1-4H3. The molecule has 0 aromatic heterocycles. The van der Waals surface area contributed by atoms with E-state index in [-0.39, 0.29) is 11.4 Å². The first-order valence-corrected chi connectivity index (χ1v) is 10.5. The molecule has 0 bridgehead atoms. The zero-order valence-electron chi connectivity index (χ0n) is 16.7. The van der Waals surface area contributed by atoms with Gasteiger partial charge in [-0.15, -0.1) is 0 Å². The molecule has 1 N–H and O–H groups in total. The second-order valence-corrected chi connectivity index (χ2v) is 7.58. The van der Waals surface area contributed by atoms with Crippen molar-refractivity contribution in [2.24, 2.45) is 0 Å². The third kappa shape index (κ3) is 5.53. The van der Waals surface area contributed by atoms with Crippen LogP contribution in [0.15, 0.2) is 41.3 Å². The molecule has 154 valence electrons. The van der Waals surface area contributed by atoms with Gasteiger partial charge in [-0.05, 0) is 50.1 Å². The fourth-order valence-electron chi connectivity index (χ4n) is 2.65. The van der Waals surface area contributed by atoms with Crippen LogP contribution in [0.4, 0.5) is 0 Å². The van der Waals surface area contributed by atoms with Crippen LogP contribution in [0.5, 0.6) is 23.0 Å². The highest BCUT2D eigenvalue weighted by Gasteiger charge is 2.17. The van der Waals surface area contributed by atoms with Crippen LogP contribution in [0.3, 0.4) is 0 Å². The van der Waals surface area contributed by atoms with E-state index in [1.165, 1.54) is 12.1 Å². The van der Waals surface area contributed by atoms with Gasteiger partial charge in [0.05, 0.1) is 32.3 Å². The van der Waals surface area contributed by atoms with E-state index in [1.807, 2.05) is 26.0 Å². The number of methoxy groups -OCH3 is 2. The quantitative estimate of drug-likeness (QED) is 0.614. The third-order valence-corrected chi connectivity index (χ3v) is 5.44. The predicted molar refractivity (Wildman–Crippen MR) is 107 cm³/mol. The van der Waals surface area contributed by atoms with Crippen LogP contribution < -0.4 is 23.7 Å². The van der Waals surface area contributed by atoms with Crippen LogP contribution in [-0.2, 0) is 16.4 Å². The van der Waals surface area contributed by atoms with Crippen LogP contribution in [0.25, 0.3) is 0 Å². The van der Waals surface area contributed by atoms with Gasteiger partial charge in [0.25, 0.3) is 0 Å². The molecule has 0 aliphatic rings. The van der Waals surface area contributed by atoms with Gasteiger partial charge in [0.2, 0.25) is 10.0 Å². The summed E-state index contributed by atoms with van der Waals surface area (Å²) in [4.78, 5) is 0.131. The van der Waals surface area contributed by atoms with E-state index in [4.69, 9.17) is 18.9 Å². The van der Waals surface area contributed by atoms with E-state index < -0.39 is 10.0 Å². The lowest BCUT2D eigenvalue weighted by Gasteiger charge is -2.13. The van der Waals surface area contributed by atoms with Crippen molar-refractivity contribution in [2.45, 2.75) is 25.2 Å². The van der Waals surface area contributed by atoms with Gasteiger partial charge in [-0.3, -0.25) is 0 Å². The van der Waals surface area contributed by atoms with E-state index in [2.05, 4.69) is 4.72 Å².